The largest absolute Gasteiger partial charge is 0.497 e. The van der Waals surface area contributed by atoms with Crippen molar-refractivity contribution in [1.29, 1.82) is 0 Å². The number of nitrogens with zero attached hydrogens (tertiary/aromatic N) is 3. The zero-order chi connectivity index (χ0) is 20.8. The second kappa shape index (κ2) is 9.29. The molecule has 0 bridgehead atoms. The van der Waals surface area contributed by atoms with Crippen LogP contribution in [0, 0.1) is 0 Å². The number of anilines is 1. The summed E-state index contributed by atoms with van der Waals surface area (Å²) in [6.45, 7) is 0. The molecule has 8 heteroatoms. The van der Waals surface area contributed by atoms with E-state index in [-0.39, 0.29) is 5.91 Å². The summed E-state index contributed by atoms with van der Waals surface area (Å²) in [6.07, 6.45) is 3.40. The summed E-state index contributed by atoms with van der Waals surface area (Å²) in [5.74, 6) is 1.12. The van der Waals surface area contributed by atoms with Crippen LogP contribution < -0.4 is 19.7 Å². The number of carbonyl (C=O) groups excluding carboxylic acids is 1. The van der Waals surface area contributed by atoms with E-state index in [1.807, 2.05) is 61.5 Å². The molecule has 2 aromatic rings. The predicted molar refractivity (Wildman–Crippen MR) is 119 cm³/mol. The first-order valence-electron chi connectivity index (χ1n) is 8.81. The van der Waals surface area contributed by atoms with Gasteiger partial charge in [-0.2, -0.15) is 5.10 Å². The van der Waals surface area contributed by atoms with Crippen molar-refractivity contribution in [2.45, 2.75) is 0 Å². The molecule has 7 nitrogen and oxygen atoms in total. The maximum atomic E-state index is 12.2. The van der Waals surface area contributed by atoms with Crippen LogP contribution in [0.25, 0.3) is 6.08 Å². The van der Waals surface area contributed by atoms with Crippen molar-refractivity contribution >= 4 is 40.8 Å². The Kier molecular flexibility index (Phi) is 6.56. The van der Waals surface area contributed by atoms with E-state index >= 15 is 0 Å². The van der Waals surface area contributed by atoms with Gasteiger partial charge in [-0.25, -0.2) is 0 Å². The van der Waals surface area contributed by atoms with E-state index in [4.69, 9.17) is 9.47 Å². The van der Waals surface area contributed by atoms with Crippen LogP contribution in [-0.2, 0) is 4.79 Å². The van der Waals surface area contributed by atoms with E-state index in [1.54, 1.807) is 26.5 Å². The minimum Gasteiger partial charge on any atom is -0.497 e. The number of ether oxygens (including phenoxy) is 2. The van der Waals surface area contributed by atoms with Crippen LogP contribution in [0.4, 0.5) is 5.69 Å². The number of rotatable bonds is 6. The third kappa shape index (κ3) is 5.17. The van der Waals surface area contributed by atoms with Crippen LogP contribution >= 0.6 is 11.8 Å². The lowest BCUT2D eigenvalue weighted by Gasteiger charge is -2.11. The van der Waals surface area contributed by atoms with Gasteiger partial charge in [0.25, 0.3) is 5.91 Å². The molecule has 1 N–H and O–H groups in total. The SMILES string of the molecule is COc1ccc(C=NN=C2NC(=O)/C(=C\c3ccc(N(C)C)cc3)S2)c(OC)c1. The van der Waals surface area contributed by atoms with Crippen LogP contribution in [0.15, 0.2) is 57.6 Å². The highest BCUT2D eigenvalue weighted by Gasteiger charge is 2.23. The van der Waals surface area contributed by atoms with Crippen molar-refractivity contribution in [1.82, 2.24) is 5.32 Å². The summed E-state index contributed by atoms with van der Waals surface area (Å²) in [4.78, 5) is 14.8. The molecule has 1 aliphatic heterocycles. The normalized spacial score (nSPS) is 16.5. The fourth-order valence-electron chi connectivity index (χ4n) is 2.56. The molecule has 0 saturated carbocycles. The Morgan fingerprint density at radius 3 is 2.48 bits per heavy atom. The Morgan fingerprint density at radius 1 is 1.07 bits per heavy atom. The average molecular weight is 410 g/mol. The summed E-state index contributed by atoms with van der Waals surface area (Å²) in [7, 11) is 7.14. The van der Waals surface area contributed by atoms with Gasteiger partial charge in [-0.3, -0.25) is 10.1 Å². The molecule has 1 saturated heterocycles. The third-order valence-corrected chi connectivity index (χ3v) is 5.04. The topological polar surface area (TPSA) is 75.5 Å². The fraction of sp³-hybridized carbons (Fsp3) is 0.190. The fourth-order valence-corrected chi connectivity index (χ4v) is 3.34. The molecule has 150 valence electrons. The smallest absolute Gasteiger partial charge is 0.264 e. The van der Waals surface area contributed by atoms with E-state index < -0.39 is 0 Å². The molecule has 0 aliphatic carbocycles. The summed E-state index contributed by atoms with van der Waals surface area (Å²) in [5.41, 5.74) is 2.80. The first-order valence-corrected chi connectivity index (χ1v) is 9.63. The van der Waals surface area contributed by atoms with Gasteiger partial charge >= 0.3 is 0 Å². The highest BCUT2D eigenvalue weighted by molar-refractivity contribution is 8.18. The highest BCUT2D eigenvalue weighted by Crippen LogP contribution is 2.27. The molecule has 29 heavy (non-hydrogen) atoms. The van der Waals surface area contributed by atoms with Crippen molar-refractivity contribution < 1.29 is 14.3 Å². The molecule has 0 unspecified atom stereocenters. The molecule has 0 aromatic heterocycles. The zero-order valence-electron chi connectivity index (χ0n) is 16.7. The molecule has 0 atom stereocenters. The van der Waals surface area contributed by atoms with E-state index in [9.17, 15) is 4.79 Å². The highest BCUT2D eigenvalue weighted by atomic mass is 32.2. The zero-order valence-corrected chi connectivity index (χ0v) is 17.5. The van der Waals surface area contributed by atoms with Crippen LogP contribution in [0.5, 0.6) is 11.5 Å². The number of benzene rings is 2. The number of nitrogens with one attached hydrogen (secondary N) is 1. The Morgan fingerprint density at radius 2 is 1.83 bits per heavy atom. The Bertz CT molecular complexity index is 982. The number of hydrogen-bond acceptors (Lipinski definition) is 7. The van der Waals surface area contributed by atoms with Crippen LogP contribution in [0.1, 0.15) is 11.1 Å². The third-order valence-electron chi connectivity index (χ3n) is 4.14. The van der Waals surface area contributed by atoms with Crippen LogP contribution in [-0.4, -0.2) is 45.6 Å². The Balaban J connectivity index is 1.71. The van der Waals surface area contributed by atoms with Crippen molar-refractivity contribution in [3.63, 3.8) is 0 Å². The minimum absolute atomic E-state index is 0.192. The van der Waals surface area contributed by atoms with Crippen LogP contribution in [0.3, 0.4) is 0 Å². The summed E-state index contributed by atoms with van der Waals surface area (Å²) in [6, 6.07) is 13.4. The quantitative estimate of drug-likeness (QED) is 0.449. The van der Waals surface area contributed by atoms with E-state index in [2.05, 4.69) is 15.5 Å². The molecular formula is C21H22N4O3S. The van der Waals surface area contributed by atoms with Gasteiger partial charge in [0.2, 0.25) is 0 Å². The Hall–Kier alpha value is -3.26. The molecule has 0 radical (unpaired) electrons. The molecule has 1 fully saturated rings. The van der Waals surface area contributed by atoms with Gasteiger partial charge < -0.3 is 14.4 Å². The molecule has 1 aliphatic rings. The van der Waals surface area contributed by atoms with Gasteiger partial charge in [0.05, 0.1) is 25.3 Å². The van der Waals surface area contributed by atoms with Gasteiger partial charge in [0, 0.05) is 31.4 Å². The van der Waals surface area contributed by atoms with E-state index in [1.165, 1.54) is 11.8 Å². The van der Waals surface area contributed by atoms with Gasteiger partial charge in [0.1, 0.15) is 11.5 Å². The molecule has 1 amide bonds. The average Bonchev–Trinajstić information content (AvgIpc) is 3.07. The lowest BCUT2D eigenvalue weighted by Crippen LogP contribution is -2.19. The van der Waals surface area contributed by atoms with Gasteiger partial charge in [-0.15, -0.1) is 5.10 Å². The summed E-state index contributed by atoms with van der Waals surface area (Å²) in [5, 5.41) is 11.3. The van der Waals surface area contributed by atoms with Crippen LogP contribution in [0.2, 0.25) is 0 Å². The predicted octanol–water partition coefficient (Wildman–Crippen LogP) is 3.36. The second-order valence-electron chi connectivity index (χ2n) is 6.31. The summed E-state index contributed by atoms with van der Waals surface area (Å²) < 4.78 is 10.5. The monoisotopic (exact) mass is 410 g/mol. The van der Waals surface area contributed by atoms with Gasteiger partial charge in [0.15, 0.2) is 5.17 Å². The standard InChI is InChI=1S/C21H22N4O3S/c1-25(2)16-8-5-14(6-9-16)11-19-20(26)23-21(29-19)24-22-13-15-7-10-17(27-3)12-18(15)28-4/h5-13H,1-4H3,(H,23,24,26)/b19-11+,22-13?. The number of thioether (sulfide) groups is 1. The van der Waals surface area contributed by atoms with E-state index in [0.717, 1.165) is 16.8 Å². The maximum Gasteiger partial charge on any atom is 0.264 e. The maximum absolute atomic E-state index is 12.2. The Labute approximate surface area is 174 Å². The molecular weight excluding hydrogens is 388 g/mol. The van der Waals surface area contributed by atoms with Crippen molar-refractivity contribution in [3.05, 3.63) is 58.5 Å². The number of methoxy groups -OCH3 is 2. The first kappa shape index (κ1) is 20.5. The number of amides is 1. The number of hydrogen-bond donors (Lipinski definition) is 1. The molecule has 3 rings (SSSR count). The second-order valence-corrected chi connectivity index (χ2v) is 7.34. The number of carbonyl (C=O) groups is 1. The number of amidine groups is 1. The molecule has 0 spiro atoms. The lowest BCUT2D eigenvalue weighted by molar-refractivity contribution is -0.115. The molecule has 1 heterocycles. The first-order chi connectivity index (χ1) is 14.0. The van der Waals surface area contributed by atoms with E-state index in [0.29, 0.717) is 21.6 Å². The van der Waals surface area contributed by atoms with Crippen molar-refractivity contribution in [2.75, 3.05) is 33.2 Å². The van der Waals surface area contributed by atoms with Gasteiger partial charge in [-0.1, -0.05) is 12.1 Å². The van der Waals surface area contributed by atoms with Gasteiger partial charge in [-0.05, 0) is 47.7 Å². The van der Waals surface area contributed by atoms with Crippen molar-refractivity contribution in [3.8, 4) is 11.5 Å². The lowest BCUT2D eigenvalue weighted by atomic mass is 10.2. The summed E-state index contributed by atoms with van der Waals surface area (Å²) >= 11 is 1.25. The van der Waals surface area contributed by atoms with Crippen molar-refractivity contribution in [2.24, 2.45) is 10.2 Å². The minimum atomic E-state index is -0.192. The molecule has 2 aromatic carbocycles.